The second-order valence-corrected chi connectivity index (χ2v) is 11.0. The van der Waals surface area contributed by atoms with Gasteiger partial charge in [-0.1, -0.05) is 23.7 Å². The molecule has 4 rings (SSSR count). The second-order valence-electron chi connectivity index (χ2n) is 10.6. The third-order valence-electron chi connectivity index (χ3n) is 6.33. The Morgan fingerprint density at radius 1 is 1.07 bits per heavy atom. The van der Waals surface area contributed by atoms with Crippen molar-refractivity contribution in [3.8, 4) is 17.2 Å². The molecule has 0 radical (unpaired) electrons. The van der Waals surface area contributed by atoms with E-state index in [0.717, 1.165) is 12.1 Å². The van der Waals surface area contributed by atoms with Gasteiger partial charge >= 0.3 is 6.18 Å². The van der Waals surface area contributed by atoms with Crippen LogP contribution < -0.4 is 20.1 Å². The molecular weight excluding hydrogens is 599 g/mol. The number of rotatable bonds is 10. The van der Waals surface area contributed by atoms with Crippen molar-refractivity contribution in [2.45, 2.75) is 25.6 Å². The number of likely N-dealkylation sites (N-methyl/N-ethyl adjacent to an activating group) is 1. The molecule has 4 aromatic rings. The third kappa shape index (κ3) is 7.95. The number of hydrogen-bond acceptors (Lipinski definition) is 8. The van der Waals surface area contributed by atoms with E-state index in [9.17, 15) is 23.1 Å². The number of aromatic nitrogens is 2. The lowest BCUT2D eigenvalue weighted by Crippen LogP contribution is -2.18. The van der Waals surface area contributed by atoms with Crippen molar-refractivity contribution in [1.29, 1.82) is 0 Å². The van der Waals surface area contributed by atoms with E-state index in [0.29, 0.717) is 46.0 Å². The number of carbonyl (C=O) groups excluding carboxylic acids is 1. The predicted molar refractivity (Wildman–Crippen MR) is 164 cm³/mol. The lowest BCUT2D eigenvalue weighted by Gasteiger charge is -2.24. The molecule has 0 fully saturated rings. The molecule has 9 nitrogen and oxygen atoms in total. The Kier molecular flexibility index (Phi) is 9.67. The molecule has 0 aliphatic carbocycles. The molecule has 0 bridgehead atoms. The van der Waals surface area contributed by atoms with E-state index in [-0.39, 0.29) is 22.4 Å². The van der Waals surface area contributed by atoms with Gasteiger partial charge in [0.1, 0.15) is 29.4 Å². The van der Waals surface area contributed by atoms with Crippen molar-refractivity contribution in [2.24, 2.45) is 0 Å². The van der Waals surface area contributed by atoms with E-state index in [1.807, 2.05) is 19.0 Å². The van der Waals surface area contributed by atoms with Gasteiger partial charge in [0.05, 0.1) is 34.5 Å². The minimum atomic E-state index is -4.55. The van der Waals surface area contributed by atoms with Crippen LogP contribution in [0.15, 0.2) is 67.0 Å². The summed E-state index contributed by atoms with van der Waals surface area (Å²) in [4.78, 5) is 23.2. The largest absolute Gasteiger partial charge is 0.494 e. The van der Waals surface area contributed by atoms with Gasteiger partial charge in [0, 0.05) is 35.3 Å². The maximum absolute atomic E-state index is 13.2. The van der Waals surface area contributed by atoms with Gasteiger partial charge in [-0.05, 0) is 64.3 Å². The van der Waals surface area contributed by atoms with Crippen molar-refractivity contribution in [3.63, 3.8) is 0 Å². The number of carbonyl (C=O) groups is 1. The fourth-order valence-corrected chi connectivity index (χ4v) is 4.43. The molecule has 0 aliphatic heterocycles. The zero-order valence-electron chi connectivity index (χ0n) is 24.6. The van der Waals surface area contributed by atoms with Gasteiger partial charge in [-0.25, -0.2) is 9.97 Å². The molecule has 0 saturated carbocycles. The van der Waals surface area contributed by atoms with Crippen molar-refractivity contribution >= 4 is 45.6 Å². The number of anilines is 3. The number of nitrogens with one attached hydrogen (secondary N) is 2. The first-order valence-electron chi connectivity index (χ1n) is 13.3. The van der Waals surface area contributed by atoms with Gasteiger partial charge in [-0.2, -0.15) is 13.2 Å². The van der Waals surface area contributed by atoms with Crippen LogP contribution in [0.1, 0.15) is 25.0 Å². The van der Waals surface area contributed by atoms with Crippen LogP contribution in [0.25, 0.3) is 10.9 Å². The molecule has 44 heavy (non-hydrogen) atoms. The highest BCUT2D eigenvalue weighted by molar-refractivity contribution is 6.32. The van der Waals surface area contributed by atoms with Crippen LogP contribution in [-0.4, -0.2) is 53.6 Å². The molecule has 0 unspecified atom stereocenters. The molecule has 3 aromatic carbocycles. The fourth-order valence-electron chi connectivity index (χ4n) is 4.23. The molecule has 1 amide bonds. The molecule has 0 atom stereocenters. The van der Waals surface area contributed by atoms with E-state index in [4.69, 9.17) is 21.1 Å². The van der Waals surface area contributed by atoms with Gasteiger partial charge < -0.3 is 30.1 Å². The Balaban J connectivity index is 1.72. The van der Waals surface area contributed by atoms with E-state index < -0.39 is 17.3 Å². The molecule has 232 valence electrons. The first-order chi connectivity index (χ1) is 20.7. The standard InChI is InChI=1S/C31H31ClF3N5O4/c1-30(2,42)21-14-26(44-19-9-6-8-18(12-19)31(33,34)35)22(32)15-24(21)39-29-20-13-25(38-28(41)10-7-11-40(3)4)27(43-5)16-23(20)36-17-37-29/h6-10,12-17,42H,11H2,1-5H3,(H,38,41)(H,36,37,39)/b10-7+. The highest BCUT2D eigenvalue weighted by atomic mass is 35.5. The zero-order valence-corrected chi connectivity index (χ0v) is 25.3. The Bertz CT molecular complexity index is 1700. The number of nitrogens with zero attached hydrogens (tertiary/aromatic N) is 3. The number of alkyl halides is 3. The Morgan fingerprint density at radius 2 is 1.82 bits per heavy atom. The van der Waals surface area contributed by atoms with E-state index in [2.05, 4.69) is 20.6 Å². The normalized spacial score (nSPS) is 12.2. The van der Waals surface area contributed by atoms with E-state index in [1.165, 1.54) is 57.6 Å². The first kappa shape index (κ1) is 32.5. The zero-order chi connectivity index (χ0) is 32.2. The summed E-state index contributed by atoms with van der Waals surface area (Å²) < 4.78 is 50.8. The highest BCUT2D eigenvalue weighted by Gasteiger charge is 2.31. The average molecular weight is 630 g/mol. The maximum Gasteiger partial charge on any atom is 0.416 e. The van der Waals surface area contributed by atoms with Crippen LogP contribution in [0.5, 0.6) is 17.2 Å². The van der Waals surface area contributed by atoms with Crippen LogP contribution in [-0.2, 0) is 16.6 Å². The molecular formula is C31H31ClF3N5O4. The van der Waals surface area contributed by atoms with Crippen LogP contribution in [0, 0.1) is 0 Å². The molecule has 0 saturated heterocycles. The van der Waals surface area contributed by atoms with Crippen molar-refractivity contribution in [3.05, 3.63) is 83.2 Å². The third-order valence-corrected chi connectivity index (χ3v) is 6.62. The summed E-state index contributed by atoms with van der Waals surface area (Å²) in [5, 5.41) is 17.6. The lowest BCUT2D eigenvalue weighted by atomic mass is 9.96. The molecule has 13 heteroatoms. The summed E-state index contributed by atoms with van der Waals surface area (Å²) in [6.07, 6.45) is -0.0695. The Hall–Kier alpha value is -4.39. The predicted octanol–water partition coefficient (Wildman–Crippen LogP) is 7.13. The monoisotopic (exact) mass is 629 g/mol. The van der Waals surface area contributed by atoms with Crippen LogP contribution in [0.3, 0.4) is 0 Å². The Morgan fingerprint density at radius 3 is 2.48 bits per heavy atom. The van der Waals surface area contributed by atoms with Gasteiger partial charge in [0.25, 0.3) is 0 Å². The quantitative estimate of drug-likeness (QED) is 0.159. The maximum atomic E-state index is 13.2. The van der Waals surface area contributed by atoms with Crippen molar-refractivity contribution in [1.82, 2.24) is 14.9 Å². The first-order valence-corrected chi connectivity index (χ1v) is 13.7. The smallest absolute Gasteiger partial charge is 0.416 e. The second kappa shape index (κ2) is 13.1. The summed E-state index contributed by atoms with van der Waals surface area (Å²) in [7, 11) is 5.24. The van der Waals surface area contributed by atoms with Crippen molar-refractivity contribution in [2.75, 3.05) is 38.4 Å². The van der Waals surface area contributed by atoms with Gasteiger partial charge in [0.15, 0.2) is 0 Å². The summed E-state index contributed by atoms with van der Waals surface area (Å²) in [5.74, 6) is 0.310. The average Bonchev–Trinajstić information content (AvgIpc) is 2.93. The van der Waals surface area contributed by atoms with Crippen LogP contribution in [0.4, 0.5) is 30.4 Å². The molecule has 1 heterocycles. The van der Waals surface area contributed by atoms with Gasteiger partial charge in [-0.15, -0.1) is 0 Å². The minimum absolute atomic E-state index is 0.0401. The number of benzene rings is 3. The number of aliphatic hydroxyl groups is 1. The molecule has 3 N–H and O–H groups in total. The van der Waals surface area contributed by atoms with Gasteiger partial charge in [-0.3, -0.25) is 4.79 Å². The number of fused-ring (bicyclic) bond motifs is 1. The summed E-state index contributed by atoms with van der Waals surface area (Å²) >= 11 is 6.52. The SMILES string of the molecule is COc1cc2ncnc(Nc3cc(Cl)c(Oc4cccc(C(F)(F)F)c4)cc3C(C)(C)O)c2cc1NC(=O)/C=C/CN(C)C. The highest BCUT2D eigenvalue weighted by Crippen LogP contribution is 2.41. The minimum Gasteiger partial charge on any atom is -0.494 e. The number of ether oxygens (including phenoxy) is 2. The Labute approximate surface area is 257 Å². The number of amides is 1. The number of halogens is 4. The van der Waals surface area contributed by atoms with E-state index in [1.54, 1.807) is 18.2 Å². The van der Waals surface area contributed by atoms with Crippen molar-refractivity contribution < 1.29 is 32.5 Å². The summed E-state index contributed by atoms with van der Waals surface area (Å²) in [6, 6.07) is 10.6. The number of hydrogen-bond donors (Lipinski definition) is 3. The molecule has 1 aromatic heterocycles. The topological polar surface area (TPSA) is 109 Å². The molecule has 0 spiro atoms. The number of methoxy groups -OCH3 is 1. The van der Waals surface area contributed by atoms with E-state index >= 15 is 0 Å². The summed E-state index contributed by atoms with van der Waals surface area (Å²) in [5.41, 5.74) is -0.762. The molecule has 0 aliphatic rings. The van der Waals surface area contributed by atoms with Crippen LogP contribution >= 0.6 is 11.6 Å². The fraction of sp³-hybridized carbons (Fsp3) is 0.258. The lowest BCUT2D eigenvalue weighted by molar-refractivity contribution is -0.137. The van der Waals surface area contributed by atoms with Crippen LogP contribution in [0.2, 0.25) is 5.02 Å². The summed E-state index contributed by atoms with van der Waals surface area (Å²) in [6.45, 7) is 3.66. The van der Waals surface area contributed by atoms with Gasteiger partial charge in [0.2, 0.25) is 5.91 Å².